The number of benzene rings is 1. The molecule has 0 atom stereocenters. The van der Waals surface area contributed by atoms with Gasteiger partial charge in [0.15, 0.2) is 5.13 Å². The first-order valence-electron chi connectivity index (χ1n) is 9.26. The second-order valence-corrected chi connectivity index (χ2v) is 8.41. The summed E-state index contributed by atoms with van der Waals surface area (Å²) in [4.78, 5) is 16.1. The van der Waals surface area contributed by atoms with Crippen LogP contribution in [0.1, 0.15) is 36.7 Å². The van der Waals surface area contributed by atoms with Crippen LogP contribution in [0.15, 0.2) is 24.3 Å². The number of likely N-dealkylation sites (tertiary alicyclic amines) is 1. The number of nitrogens with one attached hydrogen (secondary N) is 1. The molecule has 3 aromatic rings. The van der Waals surface area contributed by atoms with Crippen molar-refractivity contribution in [2.24, 2.45) is 5.92 Å². The summed E-state index contributed by atoms with van der Waals surface area (Å²) in [7, 11) is 0. The van der Waals surface area contributed by atoms with Gasteiger partial charge in [0.25, 0.3) is 0 Å². The lowest BCUT2D eigenvalue weighted by Crippen LogP contribution is -2.32. The van der Waals surface area contributed by atoms with Crippen LogP contribution in [0, 0.1) is 19.8 Å². The molecule has 1 N–H and O–H groups in total. The number of aromatic nitrogens is 3. The number of aryl methyl sites for hydroxylation is 2. The molecular weight excluding hydrogens is 342 g/mol. The molecule has 1 aromatic carbocycles. The highest BCUT2D eigenvalue weighted by atomic mass is 32.1. The van der Waals surface area contributed by atoms with E-state index in [4.69, 9.17) is 0 Å². The van der Waals surface area contributed by atoms with Crippen LogP contribution in [0.5, 0.6) is 0 Å². The maximum atomic E-state index is 4.68. The Kier molecular flexibility index (Phi) is 4.87. The molecule has 5 nitrogen and oxygen atoms in total. The first-order valence-corrected chi connectivity index (χ1v) is 10.1. The summed E-state index contributed by atoms with van der Waals surface area (Å²) in [6.45, 7) is 9.76. The lowest BCUT2D eigenvalue weighted by Gasteiger charge is -2.30. The fourth-order valence-electron chi connectivity index (χ4n) is 3.48. The summed E-state index contributed by atoms with van der Waals surface area (Å²) in [5.41, 5.74) is 4.31. The summed E-state index contributed by atoms with van der Waals surface area (Å²) in [6.07, 6.45) is 2.62. The number of anilines is 2. The first kappa shape index (κ1) is 17.4. The largest absolute Gasteiger partial charge is 0.300 e. The zero-order chi connectivity index (χ0) is 18.1. The number of thiazole rings is 1. The number of piperidine rings is 1. The van der Waals surface area contributed by atoms with Gasteiger partial charge in [-0.3, -0.25) is 10.2 Å². The van der Waals surface area contributed by atoms with Crippen LogP contribution < -0.4 is 5.32 Å². The lowest BCUT2D eigenvalue weighted by molar-refractivity contribution is 0.185. The number of hydrogen-bond donors (Lipinski definition) is 1. The van der Waals surface area contributed by atoms with Gasteiger partial charge in [-0.15, -0.1) is 0 Å². The van der Waals surface area contributed by atoms with Gasteiger partial charge in [0.1, 0.15) is 0 Å². The van der Waals surface area contributed by atoms with E-state index in [-0.39, 0.29) is 0 Å². The average molecular weight is 368 g/mol. The van der Waals surface area contributed by atoms with Crippen molar-refractivity contribution in [3.05, 3.63) is 41.2 Å². The molecule has 0 unspecified atom stereocenters. The van der Waals surface area contributed by atoms with Crippen molar-refractivity contribution in [3.63, 3.8) is 0 Å². The smallest absolute Gasteiger partial charge is 0.229 e. The average Bonchev–Trinajstić information content (AvgIpc) is 2.97. The van der Waals surface area contributed by atoms with Gasteiger partial charge in [0, 0.05) is 17.9 Å². The monoisotopic (exact) mass is 367 g/mol. The van der Waals surface area contributed by atoms with Crippen LogP contribution >= 0.6 is 11.3 Å². The van der Waals surface area contributed by atoms with Crippen LogP contribution in [0.4, 0.5) is 11.1 Å². The van der Waals surface area contributed by atoms with E-state index in [1.54, 1.807) is 11.3 Å². The Morgan fingerprint density at radius 3 is 2.54 bits per heavy atom. The number of fused-ring (bicyclic) bond motifs is 1. The predicted molar refractivity (Wildman–Crippen MR) is 108 cm³/mol. The van der Waals surface area contributed by atoms with E-state index < -0.39 is 0 Å². The summed E-state index contributed by atoms with van der Waals surface area (Å²) in [5, 5.41) is 4.10. The fraction of sp³-hybridized carbons (Fsp3) is 0.450. The van der Waals surface area contributed by atoms with Crippen molar-refractivity contribution in [2.75, 3.05) is 18.4 Å². The number of nitrogens with zero attached hydrogens (tertiary/aromatic N) is 4. The van der Waals surface area contributed by atoms with Gasteiger partial charge in [-0.05, 0) is 69.5 Å². The van der Waals surface area contributed by atoms with E-state index in [0.717, 1.165) is 34.5 Å². The maximum absolute atomic E-state index is 4.68. The van der Waals surface area contributed by atoms with Gasteiger partial charge >= 0.3 is 0 Å². The Morgan fingerprint density at radius 2 is 1.81 bits per heavy atom. The molecule has 1 aliphatic heterocycles. The Labute approximate surface area is 158 Å². The molecule has 1 fully saturated rings. The molecular formula is C20H25N5S. The van der Waals surface area contributed by atoms with Gasteiger partial charge in [-0.2, -0.15) is 0 Å². The summed E-state index contributed by atoms with van der Waals surface area (Å²) in [5.74, 6) is 1.49. The molecule has 0 amide bonds. The van der Waals surface area contributed by atoms with E-state index in [0.29, 0.717) is 5.95 Å². The van der Waals surface area contributed by atoms with Gasteiger partial charge < -0.3 is 0 Å². The molecule has 4 rings (SSSR count). The summed E-state index contributed by atoms with van der Waals surface area (Å²) in [6, 6.07) is 8.58. The van der Waals surface area contributed by atoms with E-state index in [2.05, 4.69) is 50.3 Å². The molecule has 136 valence electrons. The quantitative estimate of drug-likeness (QED) is 0.726. The van der Waals surface area contributed by atoms with E-state index in [9.17, 15) is 0 Å². The maximum Gasteiger partial charge on any atom is 0.229 e. The molecule has 0 saturated carbocycles. The van der Waals surface area contributed by atoms with Crippen molar-refractivity contribution in [2.45, 2.75) is 40.2 Å². The highest BCUT2D eigenvalue weighted by Crippen LogP contribution is 2.29. The number of hydrogen-bond acceptors (Lipinski definition) is 6. The van der Waals surface area contributed by atoms with E-state index in [1.165, 1.54) is 36.2 Å². The van der Waals surface area contributed by atoms with Crippen molar-refractivity contribution in [1.82, 2.24) is 19.9 Å². The molecule has 1 saturated heterocycles. The Morgan fingerprint density at radius 1 is 1.08 bits per heavy atom. The topological polar surface area (TPSA) is 53.9 Å². The minimum Gasteiger partial charge on any atom is -0.300 e. The predicted octanol–water partition coefficient (Wildman–Crippen LogP) is 4.68. The standard InChI is InChI=1S/C20H25N5S/c1-13-6-8-25(9-7-13)12-16-4-5-17-18(11-16)26-20(23-17)24-19-21-14(2)10-15(3)22-19/h4-5,10-11,13H,6-9,12H2,1-3H3,(H,21,22,23,24). The molecule has 26 heavy (non-hydrogen) atoms. The fourth-order valence-corrected chi connectivity index (χ4v) is 4.40. The third-order valence-electron chi connectivity index (χ3n) is 4.94. The molecule has 0 bridgehead atoms. The van der Waals surface area contributed by atoms with Gasteiger partial charge in [0.05, 0.1) is 10.2 Å². The highest BCUT2D eigenvalue weighted by molar-refractivity contribution is 7.22. The van der Waals surface area contributed by atoms with Crippen LogP contribution in [-0.4, -0.2) is 32.9 Å². The normalized spacial score (nSPS) is 16.3. The zero-order valence-electron chi connectivity index (χ0n) is 15.6. The third kappa shape index (κ3) is 4.02. The molecule has 1 aliphatic rings. The van der Waals surface area contributed by atoms with Crippen molar-refractivity contribution in [1.29, 1.82) is 0 Å². The molecule has 6 heteroatoms. The molecule has 0 radical (unpaired) electrons. The minimum atomic E-state index is 0.615. The van der Waals surface area contributed by atoms with Crippen LogP contribution in [-0.2, 0) is 6.54 Å². The van der Waals surface area contributed by atoms with Gasteiger partial charge in [-0.25, -0.2) is 15.0 Å². The van der Waals surface area contributed by atoms with Crippen LogP contribution in [0.3, 0.4) is 0 Å². The van der Waals surface area contributed by atoms with E-state index in [1.807, 2.05) is 19.9 Å². The van der Waals surface area contributed by atoms with Crippen molar-refractivity contribution >= 4 is 32.6 Å². The van der Waals surface area contributed by atoms with Crippen molar-refractivity contribution < 1.29 is 0 Å². The van der Waals surface area contributed by atoms with Crippen LogP contribution in [0.2, 0.25) is 0 Å². The number of rotatable bonds is 4. The summed E-state index contributed by atoms with van der Waals surface area (Å²) < 4.78 is 1.21. The third-order valence-corrected chi connectivity index (χ3v) is 5.87. The van der Waals surface area contributed by atoms with E-state index >= 15 is 0 Å². The van der Waals surface area contributed by atoms with Gasteiger partial charge in [0.2, 0.25) is 5.95 Å². The Balaban J connectivity index is 1.50. The zero-order valence-corrected chi connectivity index (χ0v) is 16.4. The lowest BCUT2D eigenvalue weighted by atomic mass is 9.99. The summed E-state index contributed by atoms with van der Waals surface area (Å²) >= 11 is 1.66. The van der Waals surface area contributed by atoms with Crippen molar-refractivity contribution in [3.8, 4) is 0 Å². The SMILES string of the molecule is Cc1cc(C)nc(Nc2nc3ccc(CN4CCC(C)CC4)cc3s2)n1. The highest BCUT2D eigenvalue weighted by Gasteiger charge is 2.16. The van der Waals surface area contributed by atoms with Crippen LogP contribution in [0.25, 0.3) is 10.2 Å². The molecule has 2 aromatic heterocycles. The minimum absolute atomic E-state index is 0.615. The first-order chi connectivity index (χ1) is 12.5. The molecule has 0 spiro atoms. The second-order valence-electron chi connectivity index (χ2n) is 7.38. The Hall–Kier alpha value is -2.05. The second kappa shape index (κ2) is 7.29. The molecule has 0 aliphatic carbocycles. The van der Waals surface area contributed by atoms with Gasteiger partial charge in [-0.1, -0.05) is 24.3 Å². The Bertz CT molecular complexity index is 891. The molecule has 3 heterocycles.